The van der Waals surface area contributed by atoms with Crippen LogP contribution in [0, 0.1) is 18.7 Å². The molecule has 0 fully saturated rings. The molecule has 0 aliphatic carbocycles. The first-order valence-corrected chi connectivity index (χ1v) is 7.61. The predicted octanol–water partition coefficient (Wildman–Crippen LogP) is 3.34. The lowest BCUT2D eigenvalue weighted by molar-refractivity contribution is -0.122. The molecule has 2 unspecified atom stereocenters. The summed E-state index contributed by atoms with van der Waals surface area (Å²) < 4.78 is 13.6. The fraction of sp³-hybridized carbons (Fsp3) is 0.588. The van der Waals surface area contributed by atoms with Crippen molar-refractivity contribution in [2.45, 2.75) is 53.1 Å². The summed E-state index contributed by atoms with van der Waals surface area (Å²) in [5.74, 6) is 0.341. The third-order valence-corrected chi connectivity index (χ3v) is 3.61. The average molecular weight is 294 g/mol. The highest BCUT2D eigenvalue weighted by Crippen LogP contribution is 2.16. The molecular weight excluding hydrogens is 267 g/mol. The smallest absolute Gasteiger partial charge is 0.236 e. The van der Waals surface area contributed by atoms with Crippen molar-refractivity contribution in [1.29, 1.82) is 0 Å². The Morgan fingerprint density at radius 3 is 2.48 bits per heavy atom. The van der Waals surface area contributed by atoms with Crippen molar-refractivity contribution in [3.63, 3.8) is 0 Å². The topological polar surface area (TPSA) is 41.1 Å². The van der Waals surface area contributed by atoms with Crippen molar-refractivity contribution in [3.05, 3.63) is 35.1 Å². The molecule has 0 aliphatic heterocycles. The highest BCUT2D eigenvalue weighted by Gasteiger charge is 2.16. The van der Waals surface area contributed by atoms with E-state index in [1.54, 1.807) is 13.0 Å². The zero-order chi connectivity index (χ0) is 16.0. The second-order valence-electron chi connectivity index (χ2n) is 6.09. The average Bonchev–Trinajstić information content (AvgIpc) is 2.41. The van der Waals surface area contributed by atoms with E-state index in [2.05, 4.69) is 24.5 Å². The van der Waals surface area contributed by atoms with Gasteiger partial charge >= 0.3 is 0 Å². The number of aryl methyl sites for hydroxylation is 1. The minimum absolute atomic E-state index is 0.0184. The van der Waals surface area contributed by atoms with Gasteiger partial charge in [-0.05, 0) is 50.3 Å². The third kappa shape index (κ3) is 5.84. The molecule has 1 amide bonds. The molecular formula is C17H27FN2O. The van der Waals surface area contributed by atoms with Crippen molar-refractivity contribution >= 4 is 5.91 Å². The van der Waals surface area contributed by atoms with Crippen LogP contribution in [0.1, 0.15) is 51.3 Å². The molecule has 1 aromatic rings. The van der Waals surface area contributed by atoms with Crippen LogP contribution < -0.4 is 10.6 Å². The van der Waals surface area contributed by atoms with E-state index >= 15 is 0 Å². The minimum Gasteiger partial charge on any atom is -0.355 e. The number of carbonyl (C=O) groups excluding carboxylic acids is 1. The van der Waals surface area contributed by atoms with Crippen molar-refractivity contribution < 1.29 is 9.18 Å². The van der Waals surface area contributed by atoms with Gasteiger partial charge in [0.1, 0.15) is 5.82 Å². The van der Waals surface area contributed by atoms with Gasteiger partial charge < -0.3 is 5.32 Å². The molecule has 21 heavy (non-hydrogen) atoms. The number of benzene rings is 1. The van der Waals surface area contributed by atoms with Gasteiger partial charge in [0.25, 0.3) is 0 Å². The maximum Gasteiger partial charge on any atom is 0.236 e. The summed E-state index contributed by atoms with van der Waals surface area (Å²) in [5, 5.41) is 6.12. The summed E-state index contributed by atoms with van der Waals surface area (Å²) in [4.78, 5) is 12.0. The quantitative estimate of drug-likeness (QED) is 0.810. The second-order valence-corrected chi connectivity index (χ2v) is 6.09. The Labute approximate surface area is 127 Å². The molecule has 0 aromatic heterocycles. The monoisotopic (exact) mass is 294 g/mol. The van der Waals surface area contributed by atoms with Gasteiger partial charge in [-0.3, -0.25) is 10.1 Å². The van der Waals surface area contributed by atoms with Crippen LogP contribution in [0.4, 0.5) is 4.39 Å². The lowest BCUT2D eigenvalue weighted by atomic mass is 10.1. The van der Waals surface area contributed by atoms with E-state index < -0.39 is 0 Å². The normalized spacial score (nSPS) is 14.0. The van der Waals surface area contributed by atoms with Gasteiger partial charge in [0.2, 0.25) is 5.91 Å². The van der Waals surface area contributed by atoms with E-state index in [4.69, 9.17) is 0 Å². The Balaban J connectivity index is 2.50. The van der Waals surface area contributed by atoms with Crippen LogP contribution in [-0.2, 0) is 4.79 Å². The molecule has 0 saturated heterocycles. The van der Waals surface area contributed by atoms with E-state index in [1.165, 1.54) is 6.07 Å². The molecule has 4 heteroatoms. The van der Waals surface area contributed by atoms with Gasteiger partial charge in [0.05, 0.1) is 6.04 Å². The Morgan fingerprint density at radius 1 is 1.24 bits per heavy atom. The summed E-state index contributed by atoms with van der Waals surface area (Å²) in [6, 6.07) is 4.79. The number of rotatable bonds is 7. The Kier molecular flexibility index (Phi) is 6.82. The predicted molar refractivity (Wildman–Crippen MR) is 84.6 cm³/mol. The first-order valence-electron chi connectivity index (χ1n) is 7.61. The number of amides is 1. The summed E-state index contributed by atoms with van der Waals surface area (Å²) >= 11 is 0. The highest BCUT2D eigenvalue weighted by atomic mass is 19.1. The molecule has 0 radical (unpaired) electrons. The fourth-order valence-corrected chi connectivity index (χ4v) is 2.06. The molecule has 3 nitrogen and oxygen atoms in total. The number of hydrogen-bond acceptors (Lipinski definition) is 2. The molecule has 2 atom stereocenters. The molecule has 0 bridgehead atoms. The van der Waals surface area contributed by atoms with Crippen LogP contribution in [0.5, 0.6) is 0 Å². The maximum absolute atomic E-state index is 13.6. The van der Waals surface area contributed by atoms with Gasteiger partial charge in [-0.1, -0.05) is 26.0 Å². The second kappa shape index (κ2) is 8.13. The van der Waals surface area contributed by atoms with Gasteiger partial charge in [0, 0.05) is 12.6 Å². The zero-order valence-corrected chi connectivity index (χ0v) is 13.7. The Morgan fingerprint density at radius 2 is 1.90 bits per heavy atom. The molecule has 1 rings (SSSR count). The molecule has 0 aliphatic rings. The van der Waals surface area contributed by atoms with E-state index in [0.29, 0.717) is 18.0 Å². The highest BCUT2D eigenvalue weighted by molar-refractivity contribution is 5.81. The summed E-state index contributed by atoms with van der Waals surface area (Å²) in [6.07, 6.45) is 0.969. The number of halogens is 1. The Hall–Kier alpha value is -1.42. The van der Waals surface area contributed by atoms with Crippen LogP contribution in [0.25, 0.3) is 0 Å². The van der Waals surface area contributed by atoms with Gasteiger partial charge in [-0.2, -0.15) is 0 Å². The van der Waals surface area contributed by atoms with E-state index in [-0.39, 0.29) is 23.8 Å². The van der Waals surface area contributed by atoms with Gasteiger partial charge in [-0.25, -0.2) is 4.39 Å². The minimum atomic E-state index is -0.309. The van der Waals surface area contributed by atoms with Gasteiger partial charge in [0.15, 0.2) is 0 Å². The van der Waals surface area contributed by atoms with Crippen LogP contribution in [-0.4, -0.2) is 18.5 Å². The van der Waals surface area contributed by atoms with Crippen molar-refractivity contribution in [2.75, 3.05) is 6.54 Å². The first-order chi connectivity index (χ1) is 9.81. The standard InChI is InChI=1S/C17H27FN2O/c1-11(2)8-9-19-17(21)14(5)20-13(4)15-7-6-12(3)16(18)10-15/h6-7,10-11,13-14,20H,8-9H2,1-5H3,(H,19,21). The molecule has 118 valence electrons. The fourth-order valence-electron chi connectivity index (χ4n) is 2.06. The SMILES string of the molecule is Cc1ccc(C(C)NC(C)C(=O)NCCC(C)C)cc1F. The number of carbonyl (C=O) groups is 1. The molecule has 0 spiro atoms. The molecule has 0 saturated carbocycles. The van der Waals surface area contributed by atoms with Crippen LogP contribution in [0.3, 0.4) is 0 Å². The van der Waals surface area contributed by atoms with E-state index in [0.717, 1.165) is 12.0 Å². The number of hydrogen-bond donors (Lipinski definition) is 2. The summed E-state index contributed by atoms with van der Waals surface area (Å²) in [6.45, 7) is 10.4. The molecule has 2 N–H and O–H groups in total. The van der Waals surface area contributed by atoms with Gasteiger partial charge in [-0.15, -0.1) is 0 Å². The lowest BCUT2D eigenvalue weighted by Gasteiger charge is -2.20. The lowest BCUT2D eigenvalue weighted by Crippen LogP contribution is -2.43. The largest absolute Gasteiger partial charge is 0.355 e. The Bertz CT molecular complexity index is 474. The third-order valence-electron chi connectivity index (χ3n) is 3.61. The molecule has 0 heterocycles. The van der Waals surface area contributed by atoms with Crippen molar-refractivity contribution in [2.24, 2.45) is 5.92 Å². The summed E-state index contributed by atoms with van der Waals surface area (Å²) in [5.41, 5.74) is 1.48. The zero-order valence-electron chi connectivity index (χ0n) is 13.7. The van der Waals surface area contributed by atoms with Crippen molar-refractivity contribution in [3.8, 4) is 0 Å². The van der Waals surface area contributed by atoms with E-state index in [1.807, 2.05) is 19.9 Å². The van der Waals surface area contributed by atoms with Crippen LogP contribution >= 0.6 is 0 Å². The maximum atomic E-state index is 13.6. The van der Waals surface area contributed by atoms with E-state index in [9.17, 15) is 9.18 Å². The van der Waals surface area contributed by atoms with Crippen LogP contribution in [0.2, 0.25) is 0 Å². The number of nitrogens with one attached hydrogen (secondary N) is 2. The first kappa shape index (κ1) is 17.6. The molecule has 1 aromatic carbocycles. The van der Waals surface area contributed by atoms with Crippen molar-refractivity contribution in [1.82, 2.24) is 10.6 Å². The summed E-state index contributed by atoms with van der Waals surface area (Å²) in [7, 11) is 0. The van der Waals surface area contributed by atoms with Crippen LogP contribution in [0.15, 0.2) is 18.2 Å².